The molecule has 0 bridgehead atoms. The van der Waals surface area contributed by atoms with Gasteiger partial charge in [0.25, 0.3) is 5.69 Å². The monoisotopic (exact) mass is 479 g/mol. The summed E-state index contributed by atoms with van der Waals surface area (Å²) >= 11 is 1.39. The predicted molar refractivity (Wildman–Crippen MR) is 128 cm³/mol. The van der Waals surface area contributed by atoms with Gasteiger partial charge in [-0.25, -0.2) is 4.98 Å². The molecule has 10 nitrogen and oxygen atoms in total. The van der Waals surface area contributed by atoms with Crippen molar-refractivity contribution in [3.05, 3.63) is 75.3 Å². The molecule has 0 saturated carbocycles. The number of aryl methyl sites for hydroxylation is 1. The topological polar surface area (TPSA) is 121 Å². The molecule has 174 valence electrons. The van der Waals surface area contributed by atoms with Gasteiger partial charge in [-0.3, -0.25) is 14.9 Å². The molecule has 4 rings (SSSR count). The van der Waals surface area contributed by atoms with Crippen molar-refractivity contribution in [1.29, 1.82) is 0 Å². The zero-order valence-corrected chi connectivity index (χ0v) is 19.5. The number of thiazole rings is 1. The first-order chi connectivity index (χ1) is 16.4. The number of carbonyl (C=O) groups excluding carboxylic acids is 1. The van der Waals surface area contributed by atoms with Gasteiger partial charge in [0.2, 0.25) is 11.0 Å². The molecular formula is C23H21N5O5S. The van der Waals surface area contributed by atoms with E-state index >= 15 is 0 Å². The highest BCUT2D eigenvalue weighted by Crippen LogP contribution is 2.33. The number of non-ortho nitro benzene ring substituents is 1. The smallest absolute Gasteiger partial charge is 0.269 e. The maximum Gasteiger partial charge on any atom is 0.269 e. The number of nitrogens with zero attached hydrogens (tertiary/aromatic N) is 4. The van der Waals surface area contributed by atoms with Gasteiger partial charge >= 0.3 is 0 Å². The second kappa shape index (κ2) is 9.71. The first-order valence-electron chi connectivity index (χ1n) is 10.2. The zero-order chi connectivity index (χ0) is 24.2. The summed E-state index contributed by atoms with van der Waals surface area (Å²) in [6.45, 7) is 1.82. The van der Waals surface area contributed by atoms with Crippen molar-refractivity contribution in [2.45, 2.75) is 13.3 Å². The Morgan fingerprint density at radius 3 is 2.53 bits per heavy atom. The summed E-state index contributed by atoms with van der Waals surface area (Å²) in [5.41, 5.74) is 2.95. The minimum atomic E-state index is -0.477. The number of hydrogen-bond acceptors (Lipinski definition) is 8. The van der Waals surface area contributed by atoms with Crippen molar-refractivity contribution in [1.82, 2.24) is 14.8 Å². The second-order valence-electron chi connectivity index (χ2n) is 7.32. The van der Waals surface area contributed by atoms with Gasteiger partial charge in [-0.05, 0) is 30.7 Å². The van der Waals surface area contributed by atoms with Crippen LogP contribution in [0.25, 0.3) is 16.4 Å². The van der Waals surface area contributed by atoms with E-state index in [9.17, 15) is 14.9 Å². The lowest BCUT2D eigenvalue weighted by atomic mass is 10.1. The van der Waals surface area contributed by atoms with Crippen LogP contribution in [0.1, 0.15) is 11.3 Å². The first-order valence-corrected chi connectivity index (χ1v) is 11.0. The SMILES string of the molecule is COc1ccc(-c2csc(-n3nc(C)cc3NC(=O)Cc3ccc([N+](=O)[O-])cc3)n2)cc1OC. The molecule has 0 radical (unpaired) electrons. The fraction of sp³-hybridized carbons (Fsp3) is 0.174. The Bertz CT molecular complexity index is 1350. The average molecular weight is 480 g/mol. The standard InChI is InChI=1S/C23H21N5O5S/c1-14-10-21(25-22(29)11-15-4-7-17(8-5-15)28(30)31)27(26-14)23-24-18(13-34-23)16-6-9-19(32-2)20(12-16)33-3/h4-10,12-13H,11H2,1-3H3,(H,25,29). The van der Waals surface area contributed by atoms with Crippen LogP contribution in [0.3, 0.4) is 0 Å². The number of aromatic nitrogens is 3. The Morgan fingerprint density at radius 2 is 1.85 bits per heavy atom. The van der Waals surface area contributed by atoms with Crippen molar-refractivity contribution in [3.63, 3.8) is 0 Å². The molecule has 0 spiro atoms. The highest BCUT2D eigenvalue weighted by atomic mass is 32.1. The van der Waals surface area contributed by atoms with Crippen LogP contribution in [-0.2, 0) is 11.2 Å². The Labute approximate surface area is 198 Å². The Balaban J connectivity index is 1.53. The van der Waals surface area contributed by atoms with Crippen molar-refractivity contribution in [3.8, 4) is 27.9 Å². The van der Waals surface area contributed by atoms with Crippen molar-refractivity contribution in [2.24, 2.45) is 0 Å². The minimum Gasteiger partial charge on any atom is -0.493 e. The number of hydrogen-bond donors (Lipinski definition) is 1. The molecule has 0 atom stereocenters. The fourth-order valence-electron chi connectivity index (χ4n) is 3.33. The third kappa shape index (κ3) is 4.89. The van der Waals surface area contributed by atoms with Gasteiger partial charge < -0.3 is 14.8 Å². The Kier molecular flexibility index (Phi) is 6.55. The van der Waals surface area contributed by atoms with E-state index in [-0.39, 0.29) is 18.0 Å². The van der Waals surface area contributed by atoms with Gasteiger partial charge in [-0.15, -0.1) is 11.3 Å². The third-order valence-corrected chi connectivity index (χ3v) is 5.78. The molecule has 34 heavy (non-hydrogen) atoms. The van der Waals surface area contributed by atoms with E-state index in [1.165, 1.54) is 23.5 Å². The van der Waals surface area contributed by atoms with Gasteiger partial charge in [-0.2, -0.15) is 9.78 Å². The van der Waals surface area contributed by atoms with E-state index in [1.54, 1.807) is 37.1 Å². The maximum absolute atomic E-state index is 12.6. The number of anilines is 1. The summed E-state index contributed by atoms with van der Waals surface area (Å²) in [6.07, 6.45) is 0.0665. The number of nitro benzene ring substituents is 1. The maximum atomic E-state index is 12.6. The number of amides is 1. The minimum absolute atomic E-state index is 0.0214. The van der Waals surface area contributed by atoms with Gasteiger partial charge in [0.05, 0.1) is 37.0 Å². The van der Waals surface area contributed by atoms with Crippen LogP contribution < -0.4 is 14.8 Å². The molecule has 0 saturated heterocycles. The molecule has 4 aromatic rings. The van der Waals surface area contributed by atoms with E-state index in [4.69, 9.17) is 9.47 Å². The second-order valence-corrected chi connectivity index (χ2v) is 8.15. The number of carbonyl (C=O) groups is 1. The third-order valence-electron chi connectivity index (χ3n) is 4.96. The summed E-state index contributed by atoms with van der Waals surface area (Å²) in [7, 11) is 3.16. The van der Waals surface area contributed by atoms with E-state index in [0.717, 1.165) is 11.3 Å². The quantitative estimate of drug-likeness (QED) is 0.293. The molecule has 1 N–H and O–H groups in total. The Morgan fingerprint density at radius 1 is 1.12 bits per heavy atom. The largest absolute Gasteiger partial charge is 0.493 e. The predicted octanol–water partition coefficient (Wildman–Crippen LogP) is 4.41. The zero-order valence-electron chi connectivity index (χ0n) is 18.6. The lowest BCUT2D eigenvalue weighted by Crippen LogP contribution is -2.17. The van der Waals surface area contributed by atoms with Crippen LogP contribution in [0.4, 0.5) is 11.5 Å². The number of nitro groups is 1. The van der Waals surface area contributed by atoms with Gasteiger partial charge in [-0.1, -0.05) is 12.1 Å². The first kappa shape index (κ1) is 22.9. The van der Waals surface area contributed by atoms with E-state index in [1.807, 2.05) is 30.5 Å². The molecule has 2 heterocycles. The van der Waals surface area contributed by atoms with E-state index in [2.05, 4.69) is 15.4 Å². The van der Waals surface area contributed by atoms with Crippen LogP contribution in [0, 0.1) is 17.0 Å². The number of nitrogens with one attached hydrogen (secondary N) is 1. The fourth-order valence-corrected chi connectivity index (χ4v) is 4.13. The molecular weight excluding hydrogens is 458 g/mol. The summed E-state index contributed by atoms with van der Waals surface area (Å²) in [5, 5.41) is 20.6. The van der Waals surface area contributed by atoms with Gasteiger partial charge in [0.15, 0.2) is 11.5 Å². The highest BCUT2D eigenvalue weighted by molar-refractivity contribution is 7.12. The number of benzene rings is 2. The normalized spacial score (nSPS) is 10.7. The highest BCUT2D eigenvalue weighted by Gasteiger charge is 2.16. The van der Waals surface area contributed by atoms with E-state index in [0.29, 0.717) is 33.7 Å². The van der Waals surface area contributed by atoms with E-state index < -0.39 is 4.92 Å². The van der Waals surface area contributed by atoms with Gasteiger partial charge in [0.1, 0.15) is 5.82 Å². The van der Waals surface area contributed by atoms with Crippen LogP contribution in [0.15, 0.2) is 53.9 Å². The van der Waals surface area contributed by atoms with Crippen molar-refractivity contribution in [2.75, 3.05) is 19.5 Å². The molecule has 2 aromatic heterocycles. The van der Waals surface area contributed by atoms with Crippen molar-refractivity contribution < 1.29 is 19.2 Å². The molecule has 0 aliphatic carbocycles. The summed E-state index contributed by atoms with van der Waals surface area (Å²) < 4.78 is 12.2. The summed E-state index contributed by atoms with van der Waals surface area (Å²) in [4.78, 5) is 27.6. The lowest BCUT2D eigenvalue weighted by molar-refractivity contribution is -0.384. The van der Waals surface area contributed by atoms with Crippen LogP contribution in [-0.4, -0.2) is 39.8 Å². The summed E-state index contributed by atoms with van der Waals surface area (Å²) in [5.74, 6) is 1.44. The molecule has 0 fully saturated rings. The van der Waals surface area contributed by atoms with Gasteiger partial charge in [0, 0.05) is 29.1 Å². The van der Waals surface area contributed by atoms with Crippen LogP contribution in [0.2, 0.25) is 0 Å². The molecule has 0 unspecified atom stereocenters. The molecule has 0 aliphatic heterocycles. The molecule has 2 aromatic carbocycles. The summed E-state index contributed by atoms with van der Waals surface area (Å²) in [6, 6.07) is 13.2. The molecule has 1 amide bonds. The molecule has 0 aliphatic rings. The van der Waals surface area contributed by atoms with Crippen LogP contribution in [0.5, 0.6) is 11.5 Å². The number of rotatable bonds is 8. The van der Waals surface area contributed by atoms with Crippen molar-refractivity contribution >= 4 is 28.7 Å². The Hall–Kier alpha value is -4.25. The average Bonchev–Trinajstić information content (AvgIpc) is 3.45. The number of methoxy groups -OCH3 is 2. The molecule has 11 heteroatoms. The number of ether oxygens (including phenoxy) is 2. The van der Waals surface area contributed by atoms with Crippen LogP contribution >= 0.6 is 11.3 Å². The lowest BCUT2D eigenvalue weighted by Gasteiger charge is -2.08.